The maximum Gasteiger partial charge on any atom is 0.268 e. The summed E-state index contributed by atoms with van der Waals surface area (Å²) in [6.45, 7) is 0. The van der Waals surface area contributed by atoms with Crippen molar-refractivity contribution in [1.29, 1.82) is 0 Å². The molecule has 1 aliphatic rings. The number of amides is 1. The monoisotopic (exact) mass is 345 g/mol. The van der Waals surface area contributed by atoms with Gasteiger partial charge in [-0.05, 0) is 42.3 Å². The summed E-state index contributed by atoms with van der Waals surface area (Å²) in [5.74, 6) is -1.37. The molecule has 1 heterocycles. The van der Waals surface area contributed by atoms with E-state index < -0.39 is 26.5 Å². The maximum absolute atomic E-state index is 12.6. The van der Waals surface area contributed by atoms with E-state index in [4.69, 9.17) is 4.74 Å². The highest BCUT2D eigenvalue weighted by atomic mass is 32.2. The van der Waals surface area contributed by atoms with Gasteiger partial charge in [-0.25, -0.2) is 8.42 Å². The summed E-state index contributed by atoms with van der Waals surface area (Å²) in [7, 11) is -2.70. The molecule has 0 radical (unpaired) electrons. The fourth-order valence-corrected chi connectivity index (χ4v) is 3.78. The number of carbonyl (C=O) groups excluding carboxylic acids is 1. The van der Waals surface area contributed by atoms with E-state index in [1.54, 1.807) is 30.3 Å². The summed E-state index contributed by atoms with van der Waals surface area (Å²) in [6.07, 6.45) is 0. The van der Waals surface area contributed by atoms with Crippen molar-refractivity contribution < 1.29 is 23.1 Å². The molecule has 7 nitrogen and oxygen atoms in total. The number of para-hydroxylation sites is 1. The fraction of sp³-hybridized carbons (Fsp3) is 0.0625. The molecule has 0 fully saturated rings. The molecule has 0 unspecified atom stereocenters. The zero-order chi connectivity index (χ0) is 17.3. The van der Waals surface area contributed by atoms with E-state index >= 15 is 0 Å². The van der Waals surface area contributed by atoms with Crippen LogP contribution < -0.4 is 20.5 Å². The number of methoxy groups -OCH3 is 1. The van der Waals surface area contributed by atoms with Gasteiger partial charge in [-0.15, -0.1) is 0 Å². The molecule has 8 heteroatoms. The number of carbonyl (C=O) groups is 1. The zero-order valence-electron chi connectivity index (χ0n) is 12.6. The largest absolute Gasteiger partial charge is 0.859 e. The molecule has 2 N–H and O–H groups in total. The van der Waals surface area contributed by atoms with E-state index in [2.05, 4.69) is 10.6 Å². The van der Waals surface area contributed by atoms with E-state index in [-0.39, 0.29) is 10.6 Å². The second-order valence-electron chi connectivity index (χ2n) is 4.97. The highest BCUT2D eigenvalue weighted by Gasteiger charge is 2.33. The Hall–Kier alpha value is -3.00. The van der Waals surface area contributed by atoms with Crippen molar-refractivity contribution in [1.82, 2.24) is 0 Å². The van der Waals surface area contributed by atoms with Crippen molar-refractivity contribution in [2.45, 2.75) is 4.90 Å². The number of anilines is 2. The maximum atomic E-state index is 12.6. The van der Waals surface area contributed by atoms with Crippen LogP contribution in [0.3, 0.4) is 0 Å². The normalized spacial score (nSPS) is 15.2. The van der Waals surface area contributed by atoms with Crippen LogP contribution in [0, 0.1) is 0 Å². The summed E-state index contributed by atoms with van der Waals surface area (Å²) in [4.78, 5) is 11.4. The van der Waals surface area contributed by atoms with Gasteiger partial charge < -0.3 is 20.5 Å². The van der Waals surface area contributed by atoms with Crippen molar-refractivity contribution in [2.75, 3.05) is 17.7 Å². The highest BCUT2D eigenvalue weighted by Crippen LogP contribution is 2.33. The van der Waals surface area contributed by atoms with E-state index in [9.17, 15) is 18.3 Å². The molecule has 0 aliphatic carbocycles. The van der Waals surface area contributed by atoms with E-state index in [0.29, 0.717) is 11.4 Å². The zero-order valence-corrected chi connectivity index (χ0v) is 13.4. The van der Waals surface area contributed by atoms with Gasteiger partial charge in [0, 0.05) is 5.69 Å². The van der Waals surface area contributed by atoms with Crippen LogP contribution in [-0.4, -0.2) is 21.4 Å². The van der Waals surface area contributed by atoms with E-state index in [1.165, 1.54) is 25.3 Å². The number of hydrogen-bond acceptors (Lipinski definition) is 6. The first-order chi connectivity index (χ1) is 11.4. The Morgan fingerprint density at radius 1 is 1.12 bits per heavy atom. The molecule has 0 bridgehead atoms. The minimum atomic E-state index is -4.20. The SMILES string of the molecule is COc1ccc(NC(=O)C2=C([O-])Nc3ccccc3S2(=O)=O)cc1. The standard InChI is InChI=1S/C16H14N2O5S/c1-23-11-8-6-10(7-9-11)17-15(19)14-16(20)18-12-4-2-3-5-13(12)24(14,21)22/h2-9,18,20H,1H3,(H,17,19)/p-1. The average molecular weight is 345 g/mol. The Labute approximate surface area is 138 Å². The third kappa shape index (κ3) is 2.67. The number of fused-ring (bicyclic) bond motifs is 1. The van der Waals surface area contributed by atoms with Crippen molar-refractivity contribution in [3.05, 3.63) is 59.3 Å². The minimum Gasteiger partial charge on any atom is -0.859 e. The second-order valence-corrected chi connectivity index (χ2v) is 6.82. The molecule has 3 rings (SSSR count). The summed E-state index contributed by atoms with van der Waals surface area (Å²) >= 11 is 0. The Bertz CT molecular complexity index is 933. The Morgan fingerprint density at radius 3 is 2.46 bits per heavy atom. The van der Waals surface area contributed by atoms with Gasteiger partial charge in [0.2, 0.25) is 9.84 Å². The predicted molar refractivity (Wildman–Crippen MR) is 85.9 cm³/mol. The minimum absolute atomic E-state index is 0.107. The first kappa shape index (κ1) is 15.9. The summed E-state index contributed by atoms with van der Waals surface area (Å²) in [5.41, 5.74) is 0.499. The molecular formula is C16H13N2O5S-. The Kier molecular flexibility index (Phi) is 3.90. The van der Waals surface area contributed by atoms with Crippen molar-refractivity contribution >= 4 is 27.1 Å². The van der Waals surface area contributed by atoms with Crippen LogP contribution in [0.4, 0.5) is 11.4 Å². The molecule has 0 atom stereocenters. The van der Waals surface area contributed by atoms with Crippen molar-refractivity contribution in [2.24, 2.45) is 0 Å². The van der Waals surface area contributed by atoms with Gasteiger partial charge in [0.05, 0.1) is 17.7 Å². The lowest BCUT2D eigenvalue weighted by atomic mass is 10.3. The van der Waals surface area contributed by atoms with Gasteiger partial charge >= 0.3 is 0 Å². The summed E-state index contributed by atoms with van der Waals surface area (Å²) in [5, 5.41) is 16.9. The number of nitrogens with one attached hydrogen (secondary N) is 2. The molecule has 0 saturated heterocycles. The first-order valence-corrected chi connectivity index (χ1v) is 8.39. The smallest absolute Gasteiger partial charge is 0.268 e. The van der Waals surface area contributed by atoms with Crippen LogP contribution in [0.15, 0.2) is 64.2 Å². The van der Waals surface area contributed by atoms with E-state index in [1.807, 2.05) is 0 Å². The Balaban J connectivity index is 1.94. The van der Waals surface area contributed by atoms with Crippen LogP contribution in [0.5, 0.6) is 5.75 Å². The van der Waals surface area contributed by atoms with Gasteiger partial charge in [-0.3, -0.25) is 4.79 Å². The number of ether oxygens (including phenoxy) is 1. The van der Waals surface area contributed by atoms with Crippen LogP contribution in [0.1, 0.15) is 0 Å². The third-order valence-electron chi connectivity index (χ3n) is 3.45. The molecular weight excluding hydrogens is 332 g/mol. The Morgan fingerprint density at radius 2 is 1.79 bits per heavy atom. The summed E-state index contributed by atoms with van der Waals surface area (Å²) < 4.78 is 30.1. The molecule has 0 aromatic heterocycles. The first-order valence-electron chi connectivity index (χ1n) is 6.91. The van der Waals surface area contributed by atoms with Crippen LogP contribution in [0.2, 0.25) is 0 Å². The van der Waals surface area contributed by atoms with Gasteiger partial charge in [0.25, 0.3) is 5.91 Å². The number of benzene rings is 2. The molecule has 0 spiro atoms. The topological polar surface area (TPSA) is 108 Å². The molecule has 0 saturated carbocycles. The molecule has 1 aliphatic heterocycles. The molecule has 2 aromatic rings. The van der Waals surface area contributed by atoms with Gasteiger partial charge in [-0.1, -0.05) is 12.1 Å². The third-order valence-corrected chi connectivity index (χ3v) is 5.30. The van der Waals surface area contributed by atoms with Gasteiger partial charge in [0.1, 0.15) is 10.7 Å². The van der Waals surface area contributed by atoms with E-state index in [0.717, 1.165) is 0 Å². The molecule has 124 valence electrons. The van der Waals surface area contributed by atoms with Gasteiger partial charge in [0.15, 0.2) is 0 Å². The number of rotatable bonds is 3. The average Bonchev–Trinajstić information content (AvgIpc) is 2.55. The lowest BCUT2D eigenvalue weighted by Crippen LogP contribution is -2.32. The highest BCUT2D eigenvalue weighted by molar-refractivity contribution is 7.96. The quantitative estimate of drug-likeness (QED) is 0.861. The number of sulfone groups is 1. The lowest BCUT2D eigenvalue weighted by molar-refractivity contribution is -0.300. The molecule has 1 amide bonds. The summed E-state index contributed by atoms with van der Waals surface area (Å²) in [6, 6.07) is 12.2. The van der Waals surface area contributed by atoms with Crippen LogP contribution >= 0.6 is 0 Å². The van der Waals surface area contributed by atoms with Gasteiger partial charge in [-0.2, -0.15) is 0 Å². The van der Waals surface area contributed by atoms with Crippen LogP contribution in [0.25, 0.3) is 0 Å². The molecule has 2 aromatic carbocycles. The van der Waals surface area contributed by atoms with Crippen molar-refractivity contribution in [3.63, 3.8) is 0 Å². The van der Waals surface area contributed by atoms with Crippen LogP contribution in [-0.2, 0) is 14.6 Å². The molecule has 24 heavy (non-hydrogen) atoms. The number of hydrogen-bond donors (Lipinski definition) is 2. The lowest BCUT2D eigenvalue weighted by Gasteiger charge is -2.27. The van der Waals surface area contributed by atoms with Crippen molar-refractivity contribution in [3.8, 4) is 5.75 Å². The second kappa shape index (κ2) is 5.89. The predicted octanol–water partition coefficient (Wildman–Crippen LogP) is 1.06. The fourth-order valence-electron chi connectivity index (χ4n) is 2.30.